The number of aromatic nitrogens is 2. The van der Waals surface area contributed by atoms with Crippen LogP contribution in [0.25, 0.3) is 16.8 Å². The van der Waals surface area contributed by atoms with Gasteiger partial charge in [-0.05, 0) is 35.9 Å². The fraction of sp³-hybridized carbons (Fsp3) is 0.0435. The first-order chi connectivity index (χ1) is 13.8. The summed E-state index contributed by atoms with van der Waals surface area (Å²) in [5, 5.41) is 10.3. The van der Waals surface area contributed by atoms with E-state index >= 15 is 0 Å². The van der Waals surface area contributed by atoms with Crippen molar-refractivity contribution in [2.24, 2.45) is 0 Å². The average Bonchev–Trinajstić information content (AvgIpc) is 3.29. The number of rotatable bonds is 6. The van der Waals surface area contributed by atoms with Gasteiger partial charge < -0.3 is 14.4 Å². The van der Waals surface area contributed by atoms with Crippen LogP contribution in [0.1, 0.15) is 0 Å². The SMILES string of the molecule is OC(COc1ccc(-n2ccnc2)cc1)=[NH+]c1ccccc1-c1ccccc1. The Bertz CT molecular complexity index is 1060. The molecule has 0 unspecified atom stereocenters. The molecule has 5 nitrogen and oxygen atoms in total. The van der Waals surface area contributed by atoms with Crippen molar-refractivity contribution in [1.29, 1.82) is 0 Å². The molecular formula is C23H20N3O2+. The number of hydrogen-bond acceptors (Lipinski definition) is 2. The molecular weight excluding hydrogens is 350 g/mol. The van der Waals surface area contributed by atoms with Gasteiger partial charge in [0, 0.05) is 24.1 Å². The van der Waals surface area contributed by atoms with Crippen molar-refractivity contribution < 1.29 is 14.8 Å². The minimum absolute atomic E-state index is 0.0436. The molecule has 0 saturated heterocycles. The van der Waals surface area contributed by atoms with E-state index in [1.165, 1.54) is 0 Å². The molecule has 0 spiro atoms. The normalized spacial score (nSPS) is 11.4. The zero-order valence-electron chi connectivity index (χ0n) is 15.2. The van der Waals surface area contributed by atoms with Gasteiger partial charge in [-0.2, -0.15) is 4.99 Å². The number of aliphatic hydroxyl groups excluding tert-OH is 1. The van der Waals surface area contributed by atoms with Crippen LogP contribution >= 0.6 is 0 Å². The first kappa shape index (κ1) is 17.5. The van der Waals surface area contributed by atoms with Gasteiger partial charge in [0.05, 0.1) is 11.9 Å². The molecule has 0 radical (unpaired) electrons. The van der Waals surface area contributed by atoms with Gasteiger partial charge >= 0.3 is 5.90 Å². The quantitative estimate of drug-likeness (QED) is 0.404. The summed E-state index contributed by atoms with van der Waals surface area (Å²) >= 11 is 0. The van der Waals surface area contributed by atoms with E-state index in [1.54, 1.807) is 12.5 Å². The Morgan fingerprint density at radius 1 is 0.929 bits per heavy atom. The summed E-state index contributed by atoms with van der Waals surface area (Å²) in [4.78, 5) is 7.08. The Hall–Kier alpha value is -3.86. The maximum Gasteiger partial charge on any atom is 0.377 e. The van der Waals surface area contributed by atoms with Gasteiger partial charge in [0.1, 0.15) is 5.75 Å². The molecule has 0 fully saturated rings. The molecule has 138 valence electrons. The zero-order chi connectivity index (χ0) is 19.2. The number of benzene rings is 3. The van der Waals surface area contributed by atoms with E-state index in [4.69, 9.17) is 4.74 Å². The van der Waals surface area contributed by atoms with E-state index in [0.717, 1.165) is 22.5 Å². The predicted octanol–water partition coefficient (Wildman–Crippen LogP) is 3.29. The summed E-state index contributed by atoms with van der Waals surface area (Å²) in [5.41, 5.74) is 3.91. The number of hydrogen-bond donors (Lipinski definition) is 2. The van der Waals surface area contributed by atoms with Crippen LogP contribution in [0.4, 0.5) is 5.69 Å². The average molecular weight is 370 g/mol. The molecule has 4 rings (SSSR count). The molecule has 4 aromatic rings. The minimum Gasteiger partial charge on any atom is -0.479 e. The molecule has 0 saturated carbocycles. The van der Waals surface area contributed by atoms with E-state index in [0.29, 0.717) is 5.75 Å². The molecule has 0 bridgehead atoms. The second kappa shape index (κ2) is 8.22. The number of para-hydroxylation sites is 1. The highest BCUT2D eigenvalue weighted by Crippen LogP contribution is 2.23. The van der Waals surface area contributed by atoms with Gasteiger partial charge in [-0.25, -0.2) is 4.98 Å². The standard InChI is InChI=1S/C23H19N3O2/c27-23(16-28-20-12-10-19(11-13-20)26-15-14-24-17-26)25-22-9-5-4-8-21(22)18-6-2-1-3-7-18/h1-15,17H,16H2,(H,25,27)/p+1. The van der Waals surface area contributed by atoms with Gasteiger partial charge in [0.15, 0.2) is 0 Å². The van der Waals surface area contributed by atoms with Gasteiger partial charge in [-0.15, -0.1) is 0 Å². The van der Waals surface area contributed by atoms with Crippen molar-refractivity contribution in [3.05, 3.63) is 97.6 Å². The summed E-state index contributed by atoms with van der Waals surface area (Å²) in [6.45, 7) is 0.0492. The van der Waals surface area contributed by atoms with Crippen LogP contribution < -0.4 is 9.73 Å². The Morgan fingerprint density at radius 3 is 2.43 bits per heavy atom. The minimum atomic E-state index is 0.0436. The summed E-state index contributed by atoms with van der Waals surface area (Å²) in [6, 6.07) is 25.5. The maximum atomic E-state index is 10.3. The first-order valence-electron chi connectivity index (χ1n) is 8.97. The Morgan fingerprint density at radius 2 is 1.68 bits per heavy atom. The van der Waals surface area contributed by atoms with E-state index in [-0.39, 0.29) is 12.5 Å². The van der Waals surface area contributed by atoms with E-state index in [9.17, 15) is 5.11 Å². The van der Waals surface area contributed by atoms with Crippen LogP contribution in [-0.2, 0) is 0 Å². The fourth-order valence-electron chi connectivity index (χ4n) is 2.93. The van der Waals surface area contributed by atoms with Crippen LogP contribution in [0.15, 0.2) is 97.6 Å². The van der Waals surface area contributed by atoms with Crippen molar-refractivity contribution in [1.82, 2.24) is 9.55 Å². The molecule has 1 aromatic heterocycles. The van der Waals surface area contributed by atoms with Crippen LogP contribution in [0.5, 0.6) is 5.75 Å². The number of ether oxygens (including phenoxy) is 1. The molecule has 28 heavy (non-hydrogen) atoms. The van der Waals surface area contributed by atoms with Crippen molar-refractivity contribution in [2.75, 3.05) is 6.61 Å². The second-order valence-electron chi connectivity index (χ2n) is 6.24. The third-order valence-electron chi connectivity index (χ3n) is 4.31. The Labute approximate surface area is 163 Å². The van der Waals surface area contributed by atoms with Crippen LogP contribution in [0, 0.1) is 0 Å². The maximum absolute atomic E-state index is 10.3. The summed E-state index contributed by atoms with van der Waals surface area (Å²) in [5.74, 6) is 0.718. The zero-order valence-corrected chi connectivity index (χ0v) is 15.2. The second-order valence-corrected chi connectivity index (χ2v) is 6.24. The van der Waals surface area contributed by atoms with Crippen LogP contribution in [-0.4, -0.2) is 27.2 Å². The van der Waals surface area contributed by atoms with Gasteiger partial charge in [0.25, 0.3) is 0 Å². The van der Waals surface area contributed by atoms with Gasteiger partial charge in [-0.1, -0.05) is 42.5 Å². The largest absolute Gasteiger partial charge is 0.479 e. The molecule has 1 heterocycles. The molecule has 3 aromatic carbocycles. The third kappa shape index (κ3) is 4.10. The van der Waals surface area contributed by atoms with Crippen molar-refractivity contribution >= 4 is 11.6 Å². The van der Waals surface area contributed by atoms with E-state index in [2.05, 4.69) is 9.98 Å². The van der Waals surface area contributed by atoms with Crippen LogP contribution in [0.2, 0.25) is 0 Å². The van der Waals surface area contributed by atoms with Crippen LogP contribution in [0.3, 0.4) is 0 Å². The summed E-state index contributed by atoms with van der Waals surface area (Å²) in [7, 11) is 0. The molecule has 0 amide bonds. The summed E-state index contributed by atoms with van der Waals surface area (Å²) in [6.07, 6.45) is 5.35. The topological polar surface area (TPSA) is 61.2 Å². The lowest BCUT2D eigenvalue weighted by molar-refractivity contribution is -0.367. The van der Waals surface area contributed by atoms with Gasteiger partial charge in [-0.3, -0.25) is 0 Å². The molecule has 0 aliphatic carbocycles. The Kier molecular flexibility index (Phi) is 5.15. The fourth-order valence-corrected chi connectivity index (χ4v) is 2.93. The smallest absolute Gasteiger partial charge is 0.377 e. The van der Waals surface area contributed by atoms with Crippen molar-refractivity contribution in [3.8, 4) is 22.6 Å². The van der Waals surface area contributed by atoms with E-state index in [1.807, 2.05) is 89.6 Å². The number of nitrogens with zero attached hydrogens (tertiary/aromatic N) is 2. The van der Waals surface area contributed by atoms with Crippen molar-refractivity contribution in [2.45, 2.75) is 0 Å². The molecule has 5 heteroatoms. The lowest BCUT2D eigenvalue weighted by Crippen LogP contribution is -2.68. The Balaban J connectivity index is 1.46. The number of imidazole rings is 1. The monoisotopic (exact) mass is 370 g/mol. The lowest BCUT2D eigenvalue weighted by atomic mass is 10.0. The highest BCUT2D eigenvalue weighted by molar-refractivity contribution is 5.76. The number of nitrogens with one attached hydrogen (secondary N) is 1. The summed E-state index contributed by atoms with van der Waals surface area (Å²) < 4.78 is 7.60. The highest BCUT2D eigenvalue weighted by atomic mass is 16.5. The lowest BCUT2D eigenvalue weighted by Gasteiger charge is -2.06. The molecule has 0 aliphatic heterocycles. The molecule has 0 aliphatic rings. The number of aliphatic hydroxyl groups is 1. The highest BCUT2D eigenvalue weighted by Gasteiger charge is 2.11. The third-order valence-corrected chi connectivity index (χ3v) is 4.31. The van der Waals surface area contributed by atoms with E-state index < -0.39 is 0 Å². The first-order valence-corrected chi connectivity index (χ1v) is 8.97. The molecule has 2 N–H and O–H groups in total. The predicted molar refractivity (Wildman–Crippen MR) is 109 cm³/mol. The van der Waals surface area contributed by atoms with Crippen molar-refractivity contribution in [3.63, 3.8) is 0 Å². The molecule has 0 atom stereocenters. The van der Waals surface area contributed by atoms with Gasteiger partial charge in [0.2, 0.25) is 12.3 Å².